The van der Waals surface area contributed by atoms with Crippen LogP contribution in [0.4, 0.5) is 0 Å². The van der Waals surface area contributed by atoms with Crippen molar-refractivity contribution in [2.45, 2.75) is 44.7 Å². The maximum atomic E-state index is 4.54. The van der Waals surface area contributed by atoms with Crippen LogP contribution in [0.5, 0.6) is 0 Å². The largest absolute Gasteiger partial charge is 0.353 e. The maximum absolute atomic E-state index is 4.54. The van der Waals surface area contributed by atoms with Crippen LogP contribution < -0.4 is 10.6 Å². The molecule has 0 heterocycles. The fraction of sp³-hybridized carbons (Fsp3) is 0.562. The maximum Gasteiger partial charge on any atom is 0.191 e. The Morgan fingerprint density at radius 2 is 1.84 bits per heavy atom. The topological polar surface area (TPSA) is 36.4 Å². The molecule has 4 unspecified atom stereocenters. The number of rotatable bonds is 4. The summed E-state index contributed by atoms with van der Waals surface area (Å²) in [5.41, 5.74) is 1.44. The smallest absolute Gasteiger partial charge is 0.191 e. The lowest BCUT2D eigenvalue weighted by Gasteiger charge is -2.12. The minimum Gasteiger partial charge on any atom is -0.353 e. The highest BCUT2D eigenvalue weighted by Crippen LogP contribution is 2.40. The average molecular weight is 257 g/mol. The predicted molar refractivity (Wildman–Crippen MR) is 79.4 cm³/mol. The second kappa shape index (κ2) is 5.24. The van der Waals surface area contributed by atoms with E-state index >= 15 is 0 Å². The fourth-order valence-electron chi connectivity index (χ4n) is 2.59. The van der Waals surface area contributed by atoms with Gasteiger partial charge in [-0.3, -0.25) is 4.99 Å². The predicted octanol–water partition coefficient (Wildman–Crippen LogP) is 2.51. The molecule has 3 heteroatoms. The normalized spacial score (nSPS) is 32.8. The summed E-state index contributed by atoms with van der Waals surface area (Å²) < 4.78 is 0. The molecule has 0 radical (unpaired) electrons. The highest BCUT2D eigenvalue weighted by Gasteiger charge is 2.40. The summed E-state index contributed by atoms with van der Waals surface area (Å²) in [4.78, 5) is 4.54. The Morgan fingerprint density at radius 1 is 1.16 bits per heavy atom. The molecule has 4 atom stereocenters. The molecule has 2 fully saturated rings. The number of nitrogens with zero attached hydrogens (tertiary/aromatic N) is 1. The zero-order chi connectivity index (χ0) is 13.2. The van der Waals surface area contributed by atoms with Gasteiger partial charge in [-0.2, -0.15) is 0 Å². The molecule has 3 nitrogen and oxygen atoms in total. The zero-order valence-electron chi connectivity index (χ0n) is 11.8. The monoisotopic (exact) mass is 257 g/mol. The Morgan fingerprint density at radius 3 is 2.47 bits per heavy atom. The molecule has 3 rings (SSSR count). The molecule has 2 aliphatic rings. The van der Waals surface area contributed by atoms with Crippen molar-refractivity contribution in [2.24, 2.45) is 10.9 Å². The molecule has 102 valence electrons. The van der Waals surface area contributed by atoms with E-state index in [4.69, 9.17) is 0 Å². The number of hydrogen-bond donors (Lipinski definition) is 2. The van der Waals surface area contributed by atoms with Crippen LogP contribution in [0.25, 0.3) is 0 Å². The van der Waals surface area contributed by atoms with Crippen molar-refractivity contribution >= 4 is 5.96 Å². The Bertz CT molecular complexity index is 454. The zero-order valence-corrected chi connectivity index (χ0v) is 11.8. The van der Waals surface area contributed by atoms with E-state index in [0.29, 0.717) is 18.0 Å². The van der Waals surface area contributed by atoms with Gasteiger partial charge in [0.1, 0.15) is 0 Å². The van der Waals surface area contributed by atoms with Gasteiger partial charge in [0.25, 0.3) is 0 Å². The summed E-state index contributed by atoms with van der Waals surface area (Å²) in [6.45, 7) is 5.20. The van der Waals surface area contributed by atoms with E-state index in [1.54, 1.807) is 0 Å². The third-order valence-corrected chi connectivity index (χ3v) is 4.09. The van der Waals surface area contributed by atoms with Crippen molar-refractivity contribution in [3.05, 3.63) is 35.9 Å². The van der Waals surface area contributed by atoms with Crippen LogP contribution in [0.1, 0.15) is 38.2 Å². The lowest BCUT2D eigenvalue weighted by Crippen LogP contribution is -2.40. The molecule has 0 bridgehead atoms. The molecule has 0 aromatic heterocycles. The first kappa shape index (κ1) is 12.5. The summed E-state index contributed by atoms with van der Waals surface area (Å²) >= 11 is 0. The lowest BCUT2D eigenvalue weighted by atomic mass is 10.1. The van der Waals surface area contributed by atoms with Gasteiger partial charge < -0.3 is 10.6 Å². The standard InChI is InChI=1S/C16H23N3/c1-3-17-16(18-14-9-11(14)2)19-15-10-13(15)12-7-5-4-6-8-12/h4-8,11,13-15H,3,9-10H2,1-2H3,(H2,17,18,19). The number of hydrogen-bond acceptors (Lipinski definition) is 1. The Labute approximate surface area is 115 Å². The summed E-state index contributed by atoms with van der Waals surface area (Å²) in [7, 11) is 0. The highest BCUT2D eigenvalue weighted by atomic mass is 15.2. The van der Waals surface area contributed by atoms with Gasteiger partial charge in [-0.25, -0.2) is 0 Å². The quantitative estimate of drug-likeness (QED) is 0.642. The van der Waals surface area contributed by atoms with E-state index in [2.05, 4.69) is 59.8 Å². The SMILES string of the molecule is CCN=C(NC1CC1C)NC1CC1c1ccccc1. The van der Waals surface area contributed by atoms with Crippen molar-refractivity contribution in [1.82, 2.24) is 10.6 Å². The van der Waals surface area contributed by atoms with Gasteiger partial charge in [0.15, 0.2) is 5.96 Å². The van der Waals surface area contributed by atoms with Crippen molar-refractivity contribution in [1.29, 1.82) is 0 Å². The van der Waals surface area contributed by atoms with Gasteiger partial charge in [-0.15, -0.1) is 0 Å². The van der Waals surface area contributed by atoms with E-state index in [1.165, 1.54) is 18.4 Å². The summed E-state index contributed by atoms with van der Waals surface area (Å²) in [6, 6.07) is 11.9. The Kier molecular flexibility index (Phi) is 3.45. The van der Waals surface area contributed by atoms with Gasteiger partial charge in [0.05, 0.1) is 0 Å². The van der Waals surface area contributed by atoms with Crippen LogP contribution in [0, 0.1) is 5.92 Å². The molecule has 0 saturated heterocycles. The fourth-order valence-corrected chi connectivity index (χ4v) is 2.59. The molecule has 2 N–H and O–H groups in total. The van der Waals surface area contributed by atoms with E-state index in [0.717, 1.165) is 18.4 Å². The van der Waals surface area contributed by atoms with Crippen LogP contribution >= 0.6 is 0 Å². The third kappa shape index (κ3) is 3.09. The summed E-state index contributed by atoms with van der Waals surface area (Å²) in [5, 5.41) is 7.10. The molecule has 1 aromatic rings. The summed E-state index contributed by atoms with van der Waals surface area (Å²) in [5.74, 6) is 2.45. The molecule has 2 aliphatic carbocycles. The summed E-state index contributed by atoms with van der Waals surface area (Å²) in [6.07, 6.45) is 2.49. The molecule has 0 amide bonds. The van der Waals surface area contributed by atoms with Crippen LogP contribution in [-0.4, -0.2) is 24.6 Å². The van der Waals surface area contributed by atoms with Crippen molar-refractivity contribution in [3.8, 4) is 0 Å². The van der Waals surface area contributed by atoms with Crippen LogP contribution in [0.3, 0.4) is 0 Å². The van der Waals surface area contributed by atoms with E-state index in [1.807, 2.05) is 0 Å². The van der Waals surface area contributed by atoms with Crippen molar-refractivity contribution < 1.29 is 0 Å². The third-order valence-electron chi connectivity index (χ3n) is 4.09. The van der Waals surface area contributed by atoms with Crippen LogP contribution in [-0.2, 0) is 0 Å². The molecular weight excluding hydrogens is 234 g/mol. The lowest BCUT2D eigenvalue weighted by molar-refractivity contribution is 0.749. The van der Waals surface area contributed by atoms with E-state index in [-0.39, 0.29) is 0 Å². The van der Waals surface area contributed by atoms with Gasteiger partial charge in [0, 0.05) is 24.5 Å². The number of aliphatic imine (C=N–C) groups is 1. The minimum absolute atomic E-state index is 0.550. The first-order chi connectivity index (χ1) is 9.28. The van der Waals surface area contributed by atoms with Crippen molar-refractivity contribution in [2.75, 3.05) is 6.54 Å². The number of nitrogens with one attached hydrogen (secondary N) is 2. The van der Waals surface area contributed by atoms with Gasteiger partial charge in [0.2, 0.25) is 0 Å². The Hall–Kier alpha value is -1.51. The van der Waals surface area contributed by atoms with E-state index < -0.39 is 0 Å². The van der Waals surface area contributed by atoms with Crippen LogP contribution in [0.2, 0.25) is 0 Å². The first-order valence-electron chi connectivity index (χ1n) is 7.40. The molecule has 19 heavy (non-hydrogen) atoms. The van der Waals surface area contributed by atoms with Gasteiger partial charge in [-0.05, 0) is 31.2 Å². The highest BCUT2D eigenvalue weighted by molar-refractivity contribution is 5.81. The molecule has 0 spiro atoms. The molecular formula is C16H23N3. The second-order valence-electron chi connectivity index (χ2n) is 5.79. The first-order valence-corrected chi connectivity index (χ1v) is 7.40. The van der Waals surface area contributed by atoms with Gasteiger partial charge >= 0.3 is 0 Å². The Balaban J connectivity index is 1.54. The van der Waals surface area contributed by atoms with Crippen LogP contribution in [0.15, 0.2) is 35.3 Å². The average Bonchev–Trinajstić information content (AvgIpc) is 3.31. The molecule has 0 aliphatic heterocycles. The molecule has 1 aromatic carbocycles. The van der Waals surface area contributed by atoms with Crippen molar-refractivity contribution in [3.63, 3.8) is 0 Å². The number of guanidine groups is 1. The molecule has 2 saturated carbocycles. The second-order valence-corrected chi connectivity index (χ2v) is 5.79. The minimum atomic E-state index is 0.550. The van der Waals surface area contributed by atoms with Gasteiger partial charge in [-0.1, -0.05) is 37.3 Å². The van der Waals surface area contributed by atoms with E-state index in [9.17, 15) is 0 Å². The number of benzene rings is 1.